The van der Waals surface area contributed by atoms with E-state index in [0.717, 1.165) is 51.7 Å². The second-order valence-corrected chi connectivity index (χ2v) is 8.78. The van der Waals surface area contributed by atoms with Crippen LogP contribution in [0.25, 0.3) is 33.0 Å². The van der Waals surface area contributed by atoms with Crippen molar-refractivity contribution in [2.24, 2.45) is 7.05 Å². The van der Waals surface area contributed by atoms with Crippen LogP contribution in [0.1, 0.15) is 17.5 Å². The topological polar surface area (TPSA) is 79.9 Å². The summed E-state index contributed by atoms with van der Waals surface area (Å²) in [7, 11) is 1.94. The Balaban J connectivity index is 1.71. The Kier molecular flexibility index (Phi) is 5.19. The largest absolute Gasteiger partial charge is 0.350 e. The molecule has 6 nitrogen and oxygen atoms in total. The molecule has 2 amide bonds. The Bertz CT molecular complexity index is 1430. The van der Waals surface area contributed by atoms with Crippen LogP contribution in [-0.2, 0) is 23.2 Å². The van der Waals surface area contributed by atoms with E-state index in [0.29, 0.717) is 11.1 Å². The molecule has 160 valence electrons. The molecule has 0 aliphatic carbocycles. The predicted molar refractivity (Wildman–Crippen MR) is 131 cm³/mol. The zero-order valence-electron chi connectivity index (χ0n) is 17.6. The minimum Gasteiger partial charge on any atom is -0.350 e. The van der Waals surface area contributed by atoms with Crippen molar-refractivity contribution < 1.29 is 9.59 Å². The maximum Gasteiger partial charge on any atom is 0.259 e. The molecule has 0 unspecified atom stereocenters. The quantitative estimate of drug-likeness (QED) is 0.192. The summed E-state index contributed by atoms with van der Waals surface area (Å²) in [6.07, 6.45) is 4.81. The molecule has 0 atom stereocenters. The molecule has 0 saturated heterocycles. The van der Waals surface area contributed by atoms with Crippen molar-refractivity contribution in [3.05, 3.63) is 72.1 Å². The highest BCUT2D eigenvalue weighted by Gasteiger charge is 2.35. The van der Waals surface area contributed by atoms with Crippen LogP contribution in [0.15, 0.2) is 60.9 Å². The lowest BCUT2D eigenvalue weighted by Gasteiger charge is -2.04. The SMILES string of the molecule is Cn1cc(C2=C(c3cn(CCCSC=N)c4ccccc34)C(=O)NC2=O)c2ccccc21. The molecule has 0 saturated carbocycles. The zero-order chi connectivity index (χ0) is 22.2. The number of aryl methyl sites for hydroxylation is 2. The Morgan fingerprint density at radius 1 is 0.906 bits per heavy atom. The first-order valence-corrected chi connectivity index (χ1v) is 11.5. The second kappa shape index (κ2) is 8.16. The molecule has 3 heterocycles. The summed E-state index contributed by atoms with van der Waals surface area (Å²) in [5, 5.41) is 11.6. The molecular weight excluding hydrogens is 420 g/mol. The highest BCUT2D eigenvalue weighted by atomic mass is 32.2. The first-order valence-electron chi connectivity index (χ1n) is 10.4. The number of nitrogens with one attached hydrogen (secondary N) is 2. The average molecular weight is 443 g/mol. The first-order chi connectivity index (χ1) is 15.6. The van der Waals surface area contributed by atoms with Gasteiger partial charge in [-0.25, -0.2) is 0 Å². The van der Waals surface area contributed by atoms with Crippen molar-refractivity contribution in [1.82, 2.24) is 14.5 Å². The summed E-state index contributed by atoms with van der Waals surface area (Å²) in [5.41, 5.74) is 5.78. The monoisotopic (exact) mass is 442 g/mol. The van der Waals surface area contributed by atoms with E-state index in [1.807, 2.05) is 72.5 Å². The van der Waals surface area contributed by atoms with Crippen molar-refractivity contribution >= 4 is 62.1 Å². The van der Waals surface area contributed by atoms with Crippen LogP contribution in [0, 0.1) is 5.41 Å². The fourth-order valence-electron chi connectivity index (χ4n) is 4.52. The Morgan fingerprint density at radius 2 is 1.50 bits per heavy atom. The van der Waals surface area contributed by atoms with Gasteiger partial charge in [-0.15, -0.1) is 11.8 Å². The van der Waals surface area contributed by atoms with E-state index >= 15 is 0 Å². The van der Waals surface area contributed by atoms with E-state index in [1.54, 1.807) is 0 Å². The van der Waals surface area contributed by atoms with Crippen LogP contribution in [0.3, 0.4) is 0 Å². The molecule has 7 heteroatoms. The van der Waals surface area contributed by atoms with Crippen LogP contribution in [-0.4, -0.2) is 32.2 Å². The van der Waals surface area contributed by atoms with Crippen molar-refractivity contribution in [2.75, 3.05) is 5.75 Å². The lowest BCUT2D eigenvalue weighted by atomic mass is 9.95. The number of nitrogens with zero attached hydrogens (tertiary/aromatic N) is 2. The number of hydrogen-bond donors (Lipinski definition) is 2. The minimum absolute atomic E-state index is 0.361. The van der Waals surface area contributed by atoms with E-state index in [1.165, 1.54) is 17.3 Å². The van der Waals surface area contributed by atoms with Crippen LogP contribution in [0.4, 0.5) is 0 Å². The molecule has 4 aromatic rings. The number of benzene rings is 2. The molecular formula is C25H22N4O2S. The van der Waals surface area contributed by atoms with Gasteiger partial charge in [0.1, 0.15) is 0 Å². The van der Waals surface area contributed by atoms with Gasteiger partial charge in [0.05, 0.1) is 16.7 Å². The smallest absolute Gasteiger partial charge is 0.259 e. The fourth-order valence-corrected chi connectivity index (χ4v) is 4.93. The Labute approximate surface area is 189 Å². The lowest BCUT2D eigenvalue weighted by Crippen LogP contribution is -2.22. The summed E-state index contributed by atoms with van der Waals surface area (Å²) in [4.78, 5) is 26.0. The second-order valence-electron chi connectivity index (χ2n) is 7.80. The summed E-state index contributed by atoms with van der Waals surface area (Å²) in [6.45, 7) is 0.772. The maximum atomic E-state index is 13.0. The van der Waals surface area contributed by atoms with Gasteiger partial charge >= 0.3 is 0 Å². The molecule has 2 aromatic carbocycles. The van der Waals surface area contributed by atoms with E-state index in [9.17, 15) is 9.59 Å². The van der Waals surface area contributed by atoms with Crippen LogP contribution in [0.2, 0.25) is 0 Å². The third kappa shape index (κ3) is 3.26. The number of fused-ring (bicyclic) bond motifs is 2. The molecule has 1 aliphatic rings. The average Bonchev–Trinajstić information content (AvgIpc) is 3.42. The standard InChI is InChI=1S/C25H22N4O2S/c1-28-13-18(16-7-2-4-9-20(16)28)22-23(25(31)27-24(22)30)19-14-29(11-6-12-32-15-26)21-10-5-3-8-17(19)21/h2-5,7-10,13-15,26H,6,11-12H2,1H3,(H,27,30,31). The third-order valence-corrected chi connectivity index (χ3v) is 6.59. The molecule has 0 radical (unpaired) electrons. The van der Waals surface area contributed by atoms with E-state index in [-0.39, 0.29) is 11.8 Å². The van der Waals surface area contributed by atoms with Gasteiger partial charge in [0.25, 0.3) is 11.8 Å². The molecule has 32 heavy (non-hydrogen) atoms. The number of carbonyl (C=O) groups excluding carboxylic acids is 2. The number of para-hydroxylation sites is 2. The Morgan fingerprint density at radius 3 is 2.19 bits per heavy atom. The summed E-state index contributed by atoms with van der Waals surface area (Å²) in [6, 6.07) is 15.9. The lowest BCUT2D eigenvalue weighted by molar-refractivity contribution is -0.122. The number of amides is 2. The summed E-state index contributed by atoms with van der Waals surface area (Å²) >= 11 is 1.47. The fraction of sp³-hybridized carbons (Fsp3) is 0.160. The highest BCUT2D eigenvalue weighted by Crippen LogP contribution is 2.38. The number of aromatic nitrogens is 2. The highest BCUT2D eigenvalue weighted by molar-refractivity contribution is 8.11. The number of thioether (sulfide) groups is 1. The van der Waals surface area contributed by atoms with Crippen molar-refractivity contribution in [3.8, 4) is 0 Å². The van der Waals surface area contributed by atoms with Gasteiger partial charge in [-0.05, 0) is 18.6 Å². The van der Waals surface area contributed by atoms with Gasteiger partial charge in [0.2, 0.25) is 0 Å². The number of hydrogen-bond acceptors (Lipinski definition) is 4. The molecule has 2 N–H and O–H groups in total. The summed E-state index contributed by atoms with van der Waals surface area (Å²) < 4.78 is 4.12. The number of rotatable bonds is 7. The van der Waals surface area contributed by atoms with Crippen molar-refractivity contribution in [2.45, 2.75) is 13.0 Å². The van der Waals surface area contributed by atoms with Crippen molar-refractivity contribution in [3.63, 3.8) is 0 Å². The first kappa shape index (κ1) is 20.3. The van der Waals surface area contributed by atoms with E-state index < -0.39 is 0 Å². The zero-order valence-corrected chi connectivity index (χ0v) is 18.4. The van der Waals surface area contributed by atoms with E-state index in [4.69, 9.17) is 5.41 Å². The van der Waals surface area contributed by atoms with Gasteiger partial charge in [-0.3, -0.25) is 14.9 Å². The van der Waals surface area contributed by atoms with Crippen LogP contribution < -0.4 is 5.32 Å². The van der Waals surface area contributed by atoms with Crippen molar-refractivity contribution in [1.29, 1.82) is 5.41 Å². The van der Waals surface area contributed by atoms with Gasteiger partial charge in [0.15, 0.2) is 0 Å². The van der Waals surface area contributed by atoms with Crippen LogP contribution in [0.5, 0.6) is 0 Å². The minimum atomic E-state index is -0.361. The molecule has 0 bridgehead atoms. The maximum absolute atomic E-state index is 13.0. The molecule has 5 rings (SSSR count). The van der Waals surface area contributed by atoms with E-state index in [2.05, 4.69) is 9.88 Å². The molecule has 1 aliphatic heterocycles. The predicted octanol–water partition coefficient (Wildman–Crippen LogP) is 4.43. The van der Waals surface area contributed by atoms with Crippen LogP contribution >= 0.6 is 11.8 Å². The normalized spacial score (nSPS) is 14.0. The molecule has 0 fully saturated rings. The molecule has 2 aromatic heterocycles. The Hall–Kier alpha value is -3.58. The van der Waals surface area contributed by atoms with Gasteiger partial charge in [0, 0.05) is 64.7 Å². The number of carbonyl (C=O) groups is 2. The van der Waals surface area contributed by atoms with Gasteiger partial charge < -0.3 is 14.5 Å². The summed E-state index contributed by atoms with van der Waals surface area (Å²) in [5.74, 6) is 0.134. The number of imide groups is 1. The molecule has 0 spiro atoms. The van der Waals surface area contributed by atoms with Gasteiger partial charge in [-0.1, -0.05) is 36.4 Å². The van der Waals surface area contributed by atoms with Gasteiger partial charge in [-0.2, -0.15) is 0 Å². The third-order valence-electron chi connectivity index (χ3n) is 5.90.